The molecule has 4 N–H and O–H groups in total. The van der Waals surface area contributed by atoms with Crippen LogP contribution in [0.4, 0.5) is 0 Å². The van der Waals surface area contributed by atoms with Crippen LogP contribution in [0.3, 0.4) is 0 Å². The average molecular weight is 360 g/mol. The first kappa shape index (κ1) is 18.9. The van der Waals surface area contributed by atoms with Crippen LogP contribution in [0.15, 0.2) is 24.3 Å². The Morgan fingerprint density at radius 1 is 0.923 bits per heavy atom. The number of carboxylic acid groups (broad SMARTS) is 2. The highest BCUT2D eigenvalue weighted by Crippen LogP contribution is 2.26. The van der Waals surface area contributed by atoms with Gasteiger partial charge < -0.3 is 20.8 Å². The zero-order valence-electron chi connectivity index (χ0n) is 15.0. The van der Waals surface area contributed by atoms with E-state index >= 15 is 0 Å². The normalized spacial score (nSPS) is 25.1. The molecule has 26 heavy (non-hydrogen) atoms. The van der Waals surface area contributed by atoms with Crippen molar-refractivity contribution in [1.29, 1.82) is 0 Å². The van der Waals surface area contributed by atoms with E-state index in [2.05, 4.69) is 10.6 Å². The van der Waals surface area contributed by atoms with Gasteiger partial charge in [-0.1, -0.05) is 24.3 Å². The van der Waals surface area contributed by atoms with Crippen molar-refractivity contribution >= 4 is 11.9 Å². The molecule has 142 valence electrons. The Morgan fingerprint density at radius 2 is 1.38 bits per heavy atom. The lowest BCUT2D eigenvalue weighted by atomic mass is 9.84. The first-order valence-electron chi connectivity index (χ1n) is 9.49. The number of rotatable bonds is 8. The summed E-state index contributed by atoms with van der Waals surface area (Å²) in [4.78, 5) is 23.4. The second-order valence-electron chi connectivity index (χ2n) is 7.62. The van der Waals surface area contributed by atoms with Crippen LogP contribution >= 0.6 is 0 Å². The van der Waals surface area contributed by atoms with Crippen molar-refractivity contribution in [2.45, 2.75) is 25.7 Å². The Labute approximate surface area is 154 Å². The molecule has 1 aromatic rings. The maximum absolute atomic E-state index is 11.7. The van der Waals surface area contributed by atoms with Gasteiger partial charge in [-0.15, -0.1) is 0 Å². The fourth-order valence-electron chi connectivity index (χ4n) is 4.34. The molecule has 6 nitrogen and oxygen atoms in total. The molecule has 0 amide bonds. The predicted octanol–water partition coefficient (Wildman–Crippen LogP) is 1.39. The summed E-state index contributed by atoms with van der Waals surface area (Å²) in [6.07, 6.45) is 2.79. The Kier molecular flexibility index (Phi) is 6.27. The Balaban J connectivity index is 1.70. The lowest BCUT2D eigenvalue weighted by Crippen LogP contribution is -2.28. The van der Waals surface area contributed by atoms with Crippen LogP contribution in [-0.4, -0.2) is 48.3 Å². The summed E-state index contributed by atoms with van der Waals surface area (Å²) in [7, 11) is 0. The van der Waals surface area contributed by atoms with Crippen LogP contribution < -0.4 is 10.6 Å². The Morgan fingerprint density at radius 3 is 1.73 bits per heavy atom. The molecule has 6 heteroatoms. The van der Waals surface area contributed by atoms with E-state index in [4.69, 9.17) is 0 Å². The van der Waals surface area contributed by atoms with Crippen molar-refractivity contribution in [3.05, 3.63) is 35.4 Å². The van der Waals surface area contributed by atoms with Gasteiger partial charge in [0.15, 0.2) is 0 Å². The number of carboxylic acids is 2. The van der Waals surface area contributed by atoms with Crippen molar-refractivity contribution < 1.29 is 19.8 Å². The smallest absolute Gasteiger partial charge is 0.307 e. The number of aliphatic carboxylic acids is 2. The molecule has 2 fully saturated rings. The topological polar surface area (TPSA) is 98.7 Å². The first-order chi connectivity index (χ1) is 12.5. The third-order valence-electron chi connectivity index (χ3n) is 5.87. The fraction of sp³-hybridized carbons (Fsp3) is 0.600. The SMILES string of the molecule is O=C(O)[C@@H](Cc1cccc(C[C@H](C(=O)O)[C@H]2CCNC2)c1)[C@H]1CCNC1. The van der Waals surface area contributed by atoms with Crippen molar-refractivity contribution in [2.75, 3.05) is 26.2 Å². The molecule has 0 bridgehead atoms. The minimum absolute atomic E-state index is 0.160. The maximum atomic E-state index is 11.7. The zero-order valence-corrected chi connectivity index (χ0v) is 15.0. The molecular formula is C20H28N2O4. The Hall–Kier alpha value is -1.92. The lowest BCUT2D eigenvalue weighted by molar-refractivity contribution is -0.144. The number of hydrogen-bond acceptors (Lipinski definition) is 4. The standard InChI is InChI=1S/C20H28N2O4/c23-19(24)17(15-4-6-21-11-15)9-13-2-1-3-14(8-13)10-18(20(25)26)16-5-7-22-12-16/h1-3,8,15-18,21-22H,4-7,9-12H2,(H,23,24)(H,25,26)/t15-,16-,17-,18-/m0/s1. The van der Waals surface area contributed by atoms with Gasteiger partial charge in [-0.25, -0.2) is 0 Å². The molecule has 0 radical (unpaired) electrons. The molecule has 0 spiro atoms. The highest BCUT2D eigenvalue weighted by molar-refractivity contribution is 5.71. The van der Waals surface area contributed by atoms with Gasteiger partial charge in [0.1, 0.15) is 0 Å². The quantitative estimate of drug-likeness (QED) is 0.559. The molecule has 2 aliphatic rings. The van der Waals surface area contributed by atoms with E-state index in [1.165, 1.54) is 0 Å². The number of benzene rings is 1. The van der Waals surface area contributed by atoms with Crippen LogP contribution in [0, 0.1) is 23.7 Å². The van der Waals surface area contributed by atoms with E-state index in [0.717, 1.165) is 50.1 Å². The van der Waals surface area contributed by atoms with Crippen molar-refractivity contribution in [2.24, 2.45) is 23.7 Å². The van der Waals surface area contributed by atoms with Crippen molar-refractivity contribution in [3.63, 3.8) is 0 Å². The highest BCUT2D eigenvalue weighted by Gasteiger charge is 2.32. The van der Waals surface area contributed by atoms with E-state index in [1.54, 1.807) is 0 Å². The average Bonchev–Trinajstić information content (AvgIpc) is 3.31. The van der Waals surface area contributed by atoms with E-state index in [1.807, 2.05) is 24.3 Å². The number of carbonyl (C=O) groups is 2. The first-order valence-corrected chi connectivity index (χ1v) is 9.49. The third-order valence-corrected chi connectivity index (χ3v) is 5.87. The number of hydrogen-bond donors (Lipinski definition) is 4. The largest absolute Gasteiger partial charge is 0.481 e. The summed E-state index contributed by atoms with van der Waals surface area (Å²) in [6, 6.07) is 7.82. The molecule has 0 aromatic heterocycles. The van der Waals surface area contributed by atoms with Crippen LogP contribution in [-0.2, 0) is 22.4 Å². The summed E-state index contributed by atoms with van der Waals surface area (Å²) in [5.41, 5.74) is 1.96. The van der Waals surface area contributed by atoms with E-state index < -0.39 is 23.8 Å². The van der Waals surface area contributed by atoms with Gasteiger partial charge in [-0.05, 0) is 74.8 Å². The van der Waals surface area contributed by atoms with E-state index in [0.29, 0.717) is 12.8 Å². The maximum Gasteiger partial charge on any atom is 0.307 e. The molecule has 0 aliphatic carbocycles. The van der Waals surface area contributed by atoms with E-state index in [9.17, 15) is 19.8 Å². The molecule has 2 saturated heterocycles. The van der Waals surface area contributed by atoms with Gasteiger partial charge in [-0.3, -0.25) is 9.59 Å². The highest BCUT2D eigenvalue weighted by atomic mass is 16.4. The summed E-state index contributed by atoms with van der Waals surface area (Å²) in [5.74, 6) is -1.96. The van der Waals surface area contributed by atoms with Gasteiger partial charge in [0.25, 0.3) is 0 Å². The van der Waals surface area contributed by atoms with Crippen LogP contribution in [0.1, 0.15) is 24.0 Å². The molecule has 3 rings (SSSR count). The van der Waals surface area contributed by atoms with Gasteiger partial charge in [0.2, 0.25) is 0 Å². The van der Waals surface area contributed by atoms with Crippen molar-refractivity contribution in [1.82, 2.24) is 10.6 Å². The minimum Gasteiger partial charge on any atom is -0.481 e. The van der Waals surface area contributed by atoms with Crippen LogP contribution in [0.2, 0.25) is 0 Å². The second-order valence-corrected chi connectivity index (χ2v) is 7.62. The van der Waals surface area contributed by atoms with Crippen LogP contribution in [0.25, 0.3) is 0 Å². The summed E-state index contributed by atoms with van der Waals surface area (Å²) in [5, 5.41) is 25.7. The van der Waals surface area contributed by atoms with Gasteiger partial charge in [0.05, 0.1) is 11.8 Å². The third kappa shape index (κ3) is 4.62. The molecule has 2 heterocycles. The van der Waals surface area contributed by atoms with Gasteiger partial charge in [0, 0.05) is 0 Å². The summed E-state index contributed by atoms with van der Waals surface area (Å²) >= 11 is 0. The van der Waals surface area contributed by atoms with Gasteiger partial charge in [-0.2, -0.15) is 0 Å². The zero-order chi connectivity index (χ0) is 18.5. The summed E-state index contributed by atoms with van der Waals surface area (Å²) < 4.78 is 0. The molecule has 1 aromatic carbocycles. The lowest BCUT2D eigenvalue weighted by Gasteiger charge is -2.21. The molecule has 0 saturated carbocycles. The molecular weight excluding hydrogens is 332 g/mol. The molecule has 2 aliphatic heterocycles. The van der Waals surface area contributed by atoms with Crippen molar-refractivity contribution in [3.8, 4) is 0 Å². The Bertz CT molecular complexity index is 585. The fourth-order valence-corrected chi connectivity index (χ4v) is 4.34. The monoisotopic (exact) mass is 360 g/mol. The minimum atomic E-state index is -0.746. The second kappa shape index (κ2) is 8.64. The van der Waals surface area contributed by atoms with Gasteiger partial charge >= 0.3 is 11.9 Å². The van der Waals surface area contributed by atoms with Crippen LogP contribution in [0.5, 0.6) is 0 Å². The molecule has 0 unspecified atom stereocenters. The predicted molar refractivity (Wildman–Crippen MR) is 98.1 cm³/mol. The number of nitrogens with one attached hydrogen (secondary N) is 2. The molecule has 4 atom stereocenters. The van der Waals surface area contributed by atoms with E-state index in [-0.39, 0.29) is 11.8 Å². The summed E-state index contributed by atoms with van der Waals surface area (Å²) in [6.45, 7) is 3.27.